The number of methoxy groups -OCH3 is 1. The number of aryl methyl sites for hydroxylation is 1. The van der Waals surface area contributed by atoms with Gasteiger partial charge >= 0.3 is 0 Å². The van der Waals surface area contributed by atoms with Gasteiger partial charge in [0.15, 0.2) is 11.0 Å². The molecule has 9 heteroatoms. The van der Waals surface area contributed by atoms with Crippen LogP contribution in [0.15, 0.2) is 78.0 Å². The molecule has 1 aromatic heterocycles. The van der Waals surface area contributed by atoms with Crippen molar-refractivity contribution in [3.8, 4) is 22.8 Å². The van der Waals surface area contributed by atoms with Crippen LogP contribution >= 0.6 is 11.8 Å². The quantitative estimate of drug-likeness (QED) is 0.409. The number of fused-ring (bicyclic) bond motifs is 1. The lowest BCUT2D eigenvalue weighted by molar-refractivity contribution is -0.120. The van der Waals surface area contributed by atoms with E-state index in [0.29, 0.717) is 22.4 Å². The third-order valence-electron chi connectivity index (χ3n) is 5.64. The highest BCUT2D eigenvalue weighted by Crippen LogP contribution is 2.32. The zero-order valence-electron chi connectivity index (χ0n) is 19.3. The summed E-state index contributed by atoms with van der Waals surface area (Å²) in [6, 6.07) is 22.9. The number of nitrogens with one attached hydrogen (secondary N) is 1. The van der Waals surface area contributed by atoms with Crippen LogP contribution in [-0.2, 0) is 9.59 Å². The van der Waals surface area contributed by atoms with Gasteiger partial charge in [-0.15, -0.1) is 10.2 Å². The first kappa shape index (κ1) is 22.7. The van der Waals surface area contributed by atoms with Crippen molar-refractivity contribution in [1.82, 2.24) is 14.8 Å². The largest absolute Gasteiger partial charge is 0.497 e. The van der Waals surface area contributed by atoms with Crippen LogP contribution in [0.2, 0.25) is 0 Å². The lowest BCUT2D eigenvalue weighted by atomic mass is 10.1. The van der Waals surface area contributed by atoms with E-state index in [-0.39, 0.29) is 24.1 Å². The van der Waals surface area contributed by atoms with Gasteiger partial charge in [0, 0.05) is 11.3 Å². The highest BCUT2D eigenvalue weighted by Gasteiger charge is 2.27. The van der Waals surface area contributed by atoms with Crippen LogP contribution in [0.5, 0.6) is 5.75 Å². The van der Waals surface area contributed by atoms with E-state index in [9.17, 15) is 9.59 Å². The molecule has 1 aliphatic heterocycles. The summed E-state index contributed by atoms with van der Waals surface area (Å²) in [7, 11) is 1.62. The number of para-hydroxylation sites is 2. The maximum absolute atomic E-state index is 13.2. The zero-order chi connectivity index (χ0) is 24.4. The molecule has 0 atom stereocenters. The molecule has 2 heterocycles. The van der Waals surface area contributed by atoms with Crippen LogP contribution in [0.1, 0.15) is 5.56 Å². The van der Waals surface area contributed by atoms with E-state index >= 15 is 0 Å². The molecular formula is C26H23N5O3S. The predicted molar refractivity (Wildman–Crippen MR) is 136 cm³/mol. The fourth-order valence-corrected chi connectivity index (χ4v) is 4.79. The van der Waals surface area contributed by atoms with Gasteiger partial charge in [-0.25, -0.2) is 0 Å². The number of hydrogen-bond donors (Lipinski definition) is 1. The maximum atomic E-state index is 13.2. The number of aromatic nitrogens is 3. The number of benzene rings is 3. The van der Waals surface area contributed by atoms with Gasteiger partial charge in [-0.3, -0.25) is 14.2 Å². The molecule has 0 bridgehead atoms. The van der Waals surface area contributed by atoms with Crippen LogP contribution in [-0.4, -0.2) is 46.0 Å². The monoisotopic (exact) mass is 485 g/mol. The van der Waals surface area contributed by atoms with E-state index in [1.54, 1.807) is 13.2 Å². The maximum Gasteiger partial charge on any atom is 0.244 e. The van der Waals surface area contributed by atoms with E-state index in [4.69, 9.17) is 4.74 Å². The van der Waals surface area contributed by atoms with E-state index < -0.39 is 0 Å². The molecule has 35 heavy (non-hydrogen) atoms. The minimum absolute atomic E-state index is 0.0177. The molecule has 0 radical (unpaired) electrons. The van der Waals surface area contributed by atoms with Crippen molar-refractivity contribution in [3.63, 3.8) is 0 Å². The molecule has 176 valence electrons. The molecule has 0 fully saturated rings. The molecule has 0 saturated carbocycles. The highest BCUT2D eigenvalue weighted by atomic mass is 32.2. The second-order valence-electron chi connectivity index (χ2n) is 8.04. The summed E-state index contributed by atoms with van der Waals surface area (Å²) in [4.78, 5) is 26.8. The third-order valence-corrected chi connectivity index (χ3v) is 6.55. The molecule has 0 saturated heterocycles. The summed E-state index contributed by atoms with van der Waals surface area (Å²) in [6.07, 6.45) is 0. The minimum Gasteiger partial charge on any atom is -0.497 e. The van der Waals surface area contributed by atoms with E-state index in [0.717, 1.165) is 22.6 Å². The lowest BCUT2D eigenvalue weighted by Gasteiger charge is -2.29. The first-order valence-electron chi connectivity index (χ1n) is 11.0. The molecule has 0 spiro atoms. The lowest BCUT2D eigenvalue weighted by Crippen LogP contribution is -2.43. The highest BCUT2D eigenvalue weighted by molar-refractivity contribution is 7.99. The van der Waals surface area contributed by atoms with Crippen LogP contribution in [0.25, 0.3) is 17.1 Å². The molecule has 0 aliphatic carbocycles. The van der Waals surface area contributed by atoms with Crippen molar-refractivity contribution >= 4 is 35.0 Å². The Morgan fingerprint density at radius 3 is 2.63 bits per heavy atom. The minimum atomic E-state index is -0.217. The van der Waals surface area contributed by atoms with Gasteiger partial charge < -0.3 is 15.0 Å². The topological polar surface area (TPSA) is 89.4 Å². The first-order valence-corrected chi connectivity index (χ1v) is 12.0. The molecule has 8 nitrogen and oxygen atoms in total. The van der Waals surface area contributed by atoms with Gasteiger partial charge in [0.25, 0.3) is 0 Å². The molecule has 4 aromatic rings. The summed E-state index contributed by atoms with van der Waals surface area (Å²) >= 11 is 1.28. The van der Waals surface area contributed by atoms with Crippen LogP contribution in [0, 0.1) is 6.92 Å². The van der Waals surface area contributed by atoms with Crippen LogP contribution < -0.4 is 15.0 Å². The summed E-state index contributed by atoms with van der Waals surface area (Å²) in [5.74, 6) is 1.12. The van der Waals surface area contributed by atoms with Crippen molar-refractivity contribution in [2.24, 2.45) is 0 Å². The van der Waals surface area contributed by atoms with Crippen LogP contribution in [0.3, 0.4) is 0 Å². The van der Waals surface area contributed by atoms with Crippen molar-refractivity contribution in [2.45, 2.75) is 12.1 Å². The second-order valence-corrected chi connectivity index (χ2v) is 8.99. The van der Waals surface area contributed by atoms with Gasteiger partial charge in [0.05, 0.1) is 24.2 Å². The van der Waals surface area contributed by atoms with Crippen LogP contribution in [0.4, 0.5) is 11.4 Å². The third kappa shape index (κ3) is 4.63. The van der Waals surface area contributed by atoms with Crippen molar-refractivity contribution in [1.29, 1.82) is 0 Å². The van der Waals surface area contributed by atoms with E-state index in [2.05, 4.69) is 15.5 Å². The molecule has 5 rings (SSSR count). The van der Waals surface area contributed by atoms with Gasteiger partial charge in [-0.05, 0) is 49.4 Å². The second kappa shape index (κ2) is 9.63. The summed E-state index contributed by atoms with van der Waals surface area (Å²) < 4.78 is 7.24. The Bertz CT molecular complexity index is 1400. The van der Waals surface area contributed by atoms with Gasteiger partial charge in [-0.1, -0.05) is 47.7 Å². The average Bonchev–Trinajstić information content (AvgIpc) is 3.30. The van der Waals surface area contributed by atoms with E-state index in [1.807, 2.05) is 78.2 Å². The Balaban J connectivity index is 1.46. The number of rotatable bonds is 6. The molecule has 0 unspecified atom stereocenters. The summed E-state index contributed by atoms with van der Waals surface area (Å²) in [6.45, 7) is 2.01. The number of carbonyl (C=O) groups is 2. The zero-order valence-corrected chi connectivity index (χ0v) is 20.1. The number of anilines is 2. The Morgan fingerprint density at radius 2 is 1.86 bits per heavy atom. The molecule has 1 aliphatic rings. The normalized spacial score (nSPS) is 12.7. The number of carbonyl (C=O) groups excluding carboxylic acids is 2. The van der Waals surface area contributed by atoms with Crippen molar-refractivity contribution in [2.75, 3.05) is 29.6 Å². The fourth-order valence-electron chi connectivity index (χ4n) is 3.96. The number of thioether (sulfide) groups is 1. The molecule has 3 aromatic carbocycles. The van der Waals surface area contributed by atoms with Gasteiger partial charge in [0.2, 0.25) is 11.8 Å². The van der Waals surface area contributed by atoms with E-state index in [1.165, 1.54) is 16.7 Å². The number of nitrogens with zero attached hydrogens (tertiary/aromatic N) is 4. The summed E-state index contributed by atoms with van der Waals surface area (Å²) in [5, 5.41) is 12.3. The van der Waals surface area contributed by atoms with Gasteiger partial charge in [-0.2, -0.15) is 0 Å². The smallest absolute Gasteiger partial charge is 0.244 e. The number of ether oxygens (including phenoxy) is 1. The van der Waals surface area contributed by atoms with Gasteiger partial charge in [0.1, 0.15) is 12.3 Å². The Kier molecular flexibility index (Phi) is 6.24. The van der Waals surface area contributed by atoms with Crippen molar-refractivity contribution in [3.05, 3.63) is 78.4 Å². The Hall–Kier alpha value is -4.11. The predicted octanol–water partition coefficient (Wildman–Crippen LogP) is 4.33. The Morgan fingerprint density at radius 1 is 1.06 bits per heavy atom. The average molecular weight is 486 g/mol. The number of amides is 2. The van der Waals surface area contributed by atoms with Crippen molar-refractivity contribution < 1.29 is 14.3 Å². The fraction of sp³-hybridized carbons (Fsp3) is 0.154. The molecular weight excluding hydrogens is 462 g/mol. The Labute approximate surface area is 206 Å². The SMILES string of the molecule is COc1ccc(-n2c(SCC(=O)N3CC(=O)Nc4ccccc43)nnc2-c2cccc(C)c2)cc1. The first-order chi connectivity index (χ1) is 17.0. The number of hydrogen-bond acceptors (Lipinski definition) is 6. The summed E-state index contributed by atoms with van der Waals surface area (Å²) in [5.41, 5.74) is 4.20. The molecule has 1 N–H and O–H groups in total. The standard InChI is InChI=1S/C26H23N5O3S/c1-17-6-5-7-18(14-17)25-28-29-26(31(25)19-10-12-20(34-2)13-11-19)35-16-24(33)30-15-23(32)27-21-8-3-4-9-22(21)30/h3-14H,15-16H2,1-2H3,(H,27,32). The molecule has 2 amide bonds.